The molecule has 136 valence electrons. The summed E-state index contributed by atoms with van der Waals surface area (Å²) >= 11 is 0. The van der Waals surface area contributed by atoms with Gasteiger partial charge in [-0.15, -0.1) is 0 Å². The molecule has 1 amide bonds. The number of para-hydroxylation sites is 1. The Labute approximate surface area is 154 Å². The Bertz CT molecular complexity index is 843. The van der Waals surface area contributed by atoms with Gasteiger partial charge < -0.3 is 9.64 Å². The van der Waals surface area contributed by atoms with Crippen LogP contribution in [-0.2, 0) is 11.2 Å². The lowest BCUT2D eigenvalue weighted by molar-refractivity contribution is 0.0229. The van der Waals surface area contributed by atoms with Crippen molar-refractivity contribution in [2.75, 3.05) is 11.4 Å². The number of hydrogen-bond acceptors (Lipinski definition) is 4. The molecule has 0 radical (unpaired) electrons. The number of fused-ring (bicyclic) bond motifs is 5. The van der Waals surface area contributed by atoms with E-state index in [0.717, 1.165) is 12.1 Å². The highest BCUT2D eigenvalue weighted by atomic mass is 16.6. The van der Waals surface area contributed by atoms with Gasteiger partial charge in [0.25, 0.3) is 0 Å². The molecule has 0 saturated carbocycles. The van der Waals surface area contributed by atoms with Crippen LogP contribution in [0.4, 0.5) is 10.5 Å². The van der Waals surface area contributed by atoms with Crippen LogP contribution in [0.1, 0.15) is 43.5 Å². The second kappa shape index (κ2) is 6.02. The van der Waals surface area contributed by atoms with Crippen molar-refractivity contribution in [3.05, 3.63) is 65.2 Å². The average molecular weight is 351 g/mol. The van der Waals surface area contributed by atoms with Crippen LogP contribution in [-0.4, -0.2) is 29.4 Å². The third-order valence-electron chi connectivity index (χ3n) is 5.00. The van der Waals surface area contributed by atoms with Gasteiger partial charge in [0, 0.05) is 5.69 Å². The molecule has 4 rings (SSSR count). The normalized spacial score (nSPS) is 21.5. The number of carbonyl (C=O) groups excluding carboxylic acids is 1. The second-order valence-corrected chi connectivity index (χ2v) is 7.97. The fourth-order valence-electron chi connectivity index (χ4n) is 3.92. The number of rotatable bonds is 0. The average Bonchev–Trinajstić information content (AvgIpc) is 2.84. The molecule has 2 atom stereocenters. The zero-order valence-corrected chi connectivity index (χ0v) is 15.5. The van der Waals surface area contributed by atoms with Crippen molar-refractivity contribution in [3.63, 3.8) is 0 Å². The summed E-state index contributed by atoms with van der Waals surface area (Å²) in [7, 11) is 0. The zero-order chi connectivity index (χ0) is 18.5. The maximum atomic E-state index is 12.7. The third kappa shape index (κ3) is 2.82. The lowest BCUT2D eigenvalue weighted by Crippen LogP contribution is -2.50. The number of benzene rings is 2. The van der Waals surface area contributed by atoms with Gasteiger partial charge in [-0.3, -0.25) is 10.6 Å². The Balaban J connectivity index is 1.78. The molecule has 5 nitrogen and oxygen atoms in total. The highest BCUT2D eigenvalue weighted by molar-refractivity contribution is 5.72. The van der Waals surface area contributed by atoms with Gasteiger partial charge in [0.15, 0.2) is 6.29 Å². The first-order valence-electron chi connectivity index (χ1n) is 9.04. The van der Waals surface area contributed by atoms with Crippen molar-refractivity contribution in [2.45, 2.75) is 45.1 Å². The Morgan fingerprint density at radius 2 is 1.73 bits per heavy atom. The van der Waals surface area contributed by atoms with Crippen molar-refractivity contribution in [2.24, 2.45) is 5.73 Å². The van der Waals surface area contributed by atoms with E-state index >= 15 is 0 Å². The van der Waals surface area contributed by atoms with Crippen LogP contribution >= 0.6 is 0 Å². The molecule has 26 heavy (non-hydrogen) atoms. The minimum absolute atomic E-state index is 0.0253. The van der Waals surface area contributed by atoms with Gasteiger partial charge in [-0.1, -0.05) is 42.5 Å². The minimum atomic E-state index is -0.554. The minimum Gasteiger partial charge on any atom is -0.444 e. The fourth-order valence-corrected chi connectivity index (χ4v) is 3.92. The van der Waals surface area contributed by atoms with E-state index in [1.54, 1.807) is 4.90 Å². The molecule has 0 spiro atoms. The number of hydrogen-bond donors (Lipinski definition) is 1. The Kier molecular flexibility index (Phi) is 3.92. The smallest absolute Gasteiger partial charge is 0.413 e. The fraction of sp³-hybridized carbons (Fsp3) is 0.381. The summed E-state index contributed by atoms with van der Waals surface area (Å²) in [5, 5.41) is 0. The number of ether oxygens (including phenoxy) is 1. The maximum absolute atomic E-state index is 12.7. The van der Waals surface area contributed by atoms with Crippen molar-refractivity contribution in [1.29, 1.82) is 0 Å². The quantitative estimate of drug-likeness (QED) is 0.787. The van der Waals surface area contributed by atoms with E-state index in [4.69, 9.17) is 10.5 Å². The summed E-state index contributed by atoms with van der Waals surface area (Å²) in [6, 6.07) is 16.7. The molecule has 5 heteroatoms. The summed E-state index contributed by atoms with van der Waals surface area (Å²) in [6.07, 6.45) is -0.0476. The van der Waals surface area contributed by atoms with Crippen LogP contribution in [0.3, 0.4) is 0 Å². The van der Waals surface area contributed by atoms with Crippen LogP contribution in [0.25, 0.3) is 0 Å². The first-order valence-corrected chi connectivity index (χ1v) is 9.04. The van der Waals surface area contributed by atoms with Gasteiger partial charge in [-0.05, 0) is 49.9 Å². The largest absolute Gasteiger partial charge is 0.444 e. The molecular formula is C21H25N3O2. The molecule has 2 aliphatic rings. The van der Waals surface area contributed by atoms with E-state index in [1.807, 2.05) is 26.8 Å². The van der Waals surface area contributed by atoms with Gasteiger partial charge in [-0.2, -0.15) is 0 Å². The van der Waals surface area contributed by atoms with Crippen LogP contribution in [0.15, 0.2) is 48.5 Å². The molecule has 1 fully saturated rings. The SMILES string of the molecule is CC(C)(C)OC(=O)N1CC2c3ccccc3Cc3ccccc3N2C1N. The van der Waals surface area contributed by atoms with Crippen molar-refractivity contribution in [1.82, 2.24) is 4.90 Å². The van der Waals surface area contributed by atoms with Crippen LogP contribution in [0, 0.1) is 0 Å². The summed E-state index contributed by atoms with van der Waals surface area (Å²) in [4.78, 5) is 16.5. The predicted molar refractivity (Wildman–Crippen MR) is 102 cm³/mol. The van der Waals surface area contributed by atoms with Crippen LogP contribution in [0.2, 0.25) is 0 Å². The Morgan fingerprint density at radius 1 is 1.08 bits per heavy atom. The number of nitrogens with zero attached hydrogens (tertiary/aromatic N) is 2. The predicted octanol–water partition coefficient (Wildman–Crippen LogP) is 3.63. The highest BCUT2D eigenvalue weighted by Gasteiger charge is 2.44. The molecule has 0 bridgehead atoms. The highest BCUT2D eigenvalue weighted by Crippen LogP contribution is 2.42. The first kappa shape index (κ1) is 16.9. The van der Waals surface area contributed by atoms with E-state index in [0.29, 0.717) is 6.54 Å². The van der Waals surface area contributed by atoms with E-state index in [-0.39, 0.29) is 12.1 Å². The molecule has 0 aliphatic carbocycles. The van der Waals surface area contributed by atoms with Gasteiger partial charge in [0.2, 0.25) is 0 Å². The van der Waals surface area contributed by atoms with Gasteiger partial charge >= 0.3 is 6.09 Å². The molecule has 2 aromatic carbocycles. The molecule has 2 unspecified atom stereocenters. The van der Waals surface area contributed by atoms with E-state index in [2.05, 4.69) is 47.4 Å². The lowest BCUT2D eigenvalue weighted by Gasteiger charge is -2.32. The third-order valence-corrected chi connectivity index (χ3v) is 5.00. The topological polar surface area (TPSA) is 58.8 Å². The summed E-state index contributed by atoms with van der Waals surface area (Å²) in [6.45, 7) is 6.13. The maximum Gasteiger partial charge on any atom is 0.413 e. The molecule has 2 aromatic rings. The Morgan fingerprint density at radius 3 is 2.46 bits per heavy atom. The number of anilines is 1. The van der Waals surface area contributed by atoms with Gasteiger partial charge in [-0.25, -0.2) is 4.79 Å². The summed E-state index contributed by atoms with van der Waals surface area (Å²) < 4.78 is 5.59. The van der Waals surface area contributed by atoms with Crippen LogP contribution in [0.5, 0.6) is 0 Å². The summed E-state index contributed by atoms with van der Waals surface area (Å²) in [5.74, 6) is 0. The van der Waals surface area contributed by atoms with E-state index < -0.39 is 11.9 Å². The zero-order valence-electron chi connectivity index (χ0n) is 15.5. The molecule has 2 heterocycles. The molecule has 2 aliphatic heterocycles. The van der Waals surface area contributed by atoms with Crippen LogP contribution < -0.4 is 10.6 Å². The lowest BCUT2D eigenvalue weighted by atomic mass is 9.97. The van der Waals surface area contributed by atoms with Gasteiger partial charge in [0.1, 0.15) is 5.60 Å². The number of amides is 1. The second-order valence-electron chi connectivity index (χ2n) is 7.97. The molecule has 2 N–H and O–H groups in total. The monoisotopic (exact) mass is 351 g/mol. The van der Waals surface area contributed by atoms with Crippen molar-refractivity contribution in [3.8, 4) is 0 Å². The van der Waals surface area contributed by atoms with E-state index in [9.17, 15) is 4.79 Å². The molecular weight excluding hydrogens is 326 g/mol. The first-order chi connectivity index (χ1) is 12.3. The summed E-state index contributed by atoms with van der Waals surface area (Å²) in [5.41, 5.74) is 10.8. The van der Waals surface area contributed by atoms with Gasteiger partial charge in [0.05, 0.1) is 12.6 Å². The van der Waals surface area contributed by atoms with E-state index in [1.165, 1.54) is 16.7 Å². The Hall–Kier alpha value is -2.53. The standard InChI is InChI=1S/C21H25N3O2/c1-21(2,3)26-20(25)23-13-18-16-10-6-4-8-14(16)12-15-9-5-7-11-17(15)24(18)19(23)22/h4-11,18-19H,12-13,22H2,1-3H3. The molecule has 1 saturated heterocycles. The molecule has 0 aromatic heterocycles. The van der Waals surface area contributed by atoms with Crippen molar-refractivity contribution >= 4 is 11.8 Å². The number of carbonyl (C=O) groups is 1. The number of nitrogens with two attached hydrogens (primary N) is 1. The van der Waals surface area contributed by atoms with Crippen molar-refractivity contribution < 1.29 is 9.53 Å².